The Morgan fingerprint density at radius 3 is 2.50 bits per heavy atom. The zero-order chi connectivity index (χ0) is 17.3. The summed E-state index contributed by atoms with van der Waals surface area (Å²) in [5, 5.41) is 0. The second-order valence-electron chi connectivity index (χ2n) is 5.69. The lowest BCUT2D eigenvalue weighted by atomic mass is 10.00. The number of carbonyl (C=O) groups excluding carboxylic acids is 1. The molecule has 0 N–H and O–H groups in total. The fourth-order valence-electron chi connectivity index (χ4n) is 2.83. The second-order valence-corrected chi connectivity index (χ2v) is 5.69. The summed E-state index contributed by atoms with van der Waals surface area (Å²) in [5.41, 5.74) is -0.274. The molecule has 7 heteroatoms. The van der Waals surface area contributed by atoms with Gasteiger partial charge in [-0.2, -0.15) is 13.2 Å². The van der Waals surface area contributed by atoms with Crippen molar-refractivity contribution >= 4 is 5.91 Å². The maximum Gasteiger partial charge on any atom is 0.421 e. The van der Waals surface area contributed by atoms with Gasteiger partial charge in [0.05, 0.1) is 0 Å². The molecule has 1 aliphatic rings. The maximum absolute atomic E-state index is 12.8. The number of hydrogen-bond donors (Lipinski definition) is 0. The van der Waals surface area contributed by atoms with Gasteiger partial charge < -0.3 is 9.47 Å². The highest BCUT2D eigenvalue weighted by atomic mass is 19.4. The molecule has 0 bridgehead atoms. The number of benzene rings is 1. The lowest BCUT2D eigenvalue weighted by Gasteiger charge is -2.29. The number of rotatable bonds is 2. The van der Waals surface area contributed by atoms with Crippen LogP contribution in [0.15, 0.2) is 47.4 Å². The zero-order valence-electron chi connectivity index (χ0n) is 12.7. The van der Waals surface area contributed by atoms with Crippen molar-refractivity contribution < 1.29 is 18.0 Å². The second kappa shape index (κ2) is 6.14. The number of alkyl halides is 3. The van der Waals surface area contributed by atoms with Crippen LogP contribution >= 0.6 is 0 Å². The Bertz CT molecular complexity index is 827. The molecule has 1 aromatic carbocycles. The van der Waals surface area contributed by atoms with E-state index in [1.165, 1.54) is 6.20 Å². The number of fused-ring (bicyclic) bond motifs is 1. The molecule has 2 aromatic rings. The standard InChI is InChI=1S/C17H15F3N2O2/c18-17(19,20)14-6-3-8-22(16(14)24)11-15(23)21-9-7-12-4-1-2-5-13(12)10-21/h1-6,8H,7,9-11H2. The number of halogens is 3. The molecule has 3 rings (SSSR count). The van der Waals surface area contributed by atoms with Crippen molar-refractivity contribution in [1.82, 2.24) is 9.47 Å². The molecule has 0 aliphatic carbocycles. The van der Waals surface area contributed by atoms with Gasteiger partial charge in [0.1, 0.15) is 12.1 Å². The van der Waals surface area contributed by atoms with E-state index in [-0.39, 0.29) is 5.91 Å². The molecule has 0 saturated heterocycles. The first-order valence-electron chi connectivity index (χ1n) is 7.47. The summed E-state index contributed by atoms with van der Waals surface area (Å²) in [6, 6.07) is 9.58. The van der Waals surface area contributed by atoms with E-state index in [1.807, 2.05) is 24.3 Å². The molecule has 1 amide bonds. The molecular formula is C17H15F3N2O2. The van der Waals surface area contributed by atoms with Gasteiger partial charge in [0, 0.05) is 19.3 Å². The molecule has 1 aliphatic heterocycles. The Kier molecular flexibility index (Phi) is 4.17. The van der Waals surface area contributed by atoms with Gasteiger partial charge in [-0.1, -0.05) is 24.3 Å². The Morgan fingerprint density at radius 2 is 1.79 bits per heavy atom. The van der Waals surface area contributed by atoms with Crippen LogP contribution in [0.4, 0.5) is 13.2 Å². The van der Waals surface area contributed by atoms with E-state index in [0.29, 0.717) is 19.5 Å². The van der Waals surface area contributed by atoms with Crippen LogP contribution in [0.5, 0.6) is 0 Å². The highest BCUT2D eigenvalue weighted by Gasteiger charge is 2.34. The minimum Gasteiger partial charge on any atom is -0.336 e. The number of carbonyl (C=O) groups is 1. The van der Waals surface area contributed by atoms with E-state index < -0.39 is 23.8 Å². The number of amides is 1. The first kappa shape index (κ1) is 16.3. The fourth-order valence-corrected chi connectivity index (χ4v) is 2.83. The summed E-state index contributed by atoms with van der Waals surface area (Å²) in [5.74, 6) is -0.370. The molecule has 0 atom stereocenters. The van der Waals surface area contributed by atoms with Crippen LogP contribution in [0.25, 0.3) is 0 Å². The van der Waals surface area contributed by atoms with Crippen molar-refractivity contribution in [3.8, 4) is 0 Å². The molecule has 4 nitrogen and oxygen atoms in total. The van der Waals surface area contributed by atoms with E-state index in [0.717, 1.165) is 27.8 Å². The summed E-state index contributed by atoms with van der Waals surface area (Å²) in [6.07, 6.45) is -2.83. The normalized spacial score (nSPS) is 14.4. The third-order valence-electron chi connectivity index (χ3n) is 4.11. The summed E-state index contributed by atoms with van der Waals surface area (Å²) >= 11 is 0. The number of hydrogen-bond acceptors (Lipinski definition) is 2. The summed E-state index contributed by atoms with van der Waals surface area (Å²) < 4.78 is 39.1. The molecule has 0 saturated carbocycles. The Labute approximate surface area is 136 Å². The van der Waals surface area contributed by atoms with Gasteiger partial charge in [-0.05, 0) is 29.7 Å². The molecule has 126 valence electrons. The van der Waals surface area contributed by atoms with Crippen molar-refractivity contribution in [3.63, 3.8) is 0 Å². The smallest absolute Gasteiger partial charge is 0.336 e. The molecule has 0 radical (unpaired) electrons. The first-order valence-corrected chi connectivity index (χ1v) is 7.47. The highest BCUT2D eigenvalue weighted by Crippen LogP contribution is 2.26. The van der Waals surface area contributed by atoms with Gasteiger partial charge in [-0.15, -0.1) is 0 Å². The van der Waals surface area contributed by atoms with Crippen LogP contribution in [0.3, 0.4) is 0 Å². The SMILES string of the molecule is O=C(Cn1cccc(C(F)(F)F)c1=O)N1CCc2ccccc2C1. The van der Waals surface area contributed by atoms with Gasteiger partial charge in [-0.25, -0.2) is 0 Å². The minimum absolute atomic E-state index is 0.370. The molecule has 0 fully saturated rings. The minimum atomic E-state index is -4.73. The topological polar surface area (TPSA) is 42.3 Å². The van der Waals surface area contributed by atoms with Crippen LogP contribution in [-0.4, -0.2) is 21.9 Å². The average molecular weight is 336 g/mol. The summed E-state index contributed by atoms with van der Waals surface area (Å²) in [6.45, 7) is 0.497. The predicted octanol–water partition coefficient (Wildman–Crippen LogP) is 2.45. The third kappa shape index (κ3) is 3.20. The van der Waals surface area contributed by atoms with Gasteiger partial charge in [-0.3, -0.25) is 9.59 Å². The lowest BCUT2D eigenvalue weighted by molar-refractivity contribution is -0.139. The maximum atomic E-state index is 12.8. The monoisotopic (exact) mass is 336 g/mol. The van der Waals surface area contributed by atoms with Crippen LogP contribution in [-0.2, 0) is 30.5 Å². The molecular weight excluding hydrogens is 321 g/mol. The highest BCUT2D eigenvalue weighted by molar-refractivity contribution is 5.76. The van der Waals surface area contributed by atoms with Crippen LogP contribution in [0, 0.1) is 0 Å². The van der Waals surface area contributed by atoms with Crippen molar-refractivity contribution in [2.24, 2.45) is 0 Å². The Hall–Kier alpha value is -2.57. The summed E-state index contributed by atoms with van der Waals surface area (Å²) in [4.78, 5) is 25.8. The quantitative estimate of drug-likeness (QED) is 0.845. The third-order valence-corrected chi connectivity index (χ3v) is 4.11. The van der Waals surface area contributed by atoms with Gasteiger partial charge in [0.15, 0.2) is 0 Å². The molecule has 24 heavy (non-hydrogen) atoms. The van der Waals surface area contributed by atoms with Gasteiger partial charge in [0.25, 0.3) is 5.56 Å². The molecule has 1 aromatic heterocycles. The number of aromatic nitrogens is 1. The predicted molar refractivity (Wildman–Crippen MR) is 81.3 cm³/mol. The van der Waals surface area contributed by atoms with E-state index >= 15 is 0 Å². The number of nitrogens with zero attached hydrogens (tertiary/aromatic N) is 2. The molecule has 0 unspecified atom stereocenters. The van der Waals surface area contributed by atoms with E-state index in [4.69, 9.17) is 0 Å². The largest absolute Gasteiger partial charge is 0.421 e. The Balaban J connectivity index is 1.78. The molecule has 2 heterocycles. The van der Waals surface area contributed by atoms with Crippen molar-refractivity contribution in [2.75, 3.05) is 6.54 Å². The van der Waals surface area contributed by atoms with Crippen LogP contribution in [0.2, 0.25) is 0 Å². The van der Waals surface area contributed by atoms with Crippen LogP contribution in [0.1, 0.15) is 16.7 Å². The Morgan fingerprint density at radius 1 is 1.08 bits per heavy atom. The van der Waals surface area contributed by atoms with Gasteiger partial charge in [0.2, 0.25) is 5.91 Å². The average Bonchev–Trinajstić information content (AvgIpc) is 2.55. The number of pyridine rings is 1. The van der Waals surface area contributed by atoms with E-state index in [9.17, 15) is 22.8 Å². The van der Waals surface area contributed by atoms with Crippen molar-refractivity contribution in [2.45, 2.75) is 25.7 Å². The van der Waals surface area contributed by atoms with E-state index in [1.54, 1.807) is 4.90 Å². The first-order chi connectivity index (χ1) is 11.4. The van der Waals surface area contributed by atoms with Gasteiger partial charge >= 0.3 is 6.18 Å². The molecule has 0 spiro atoms. The lowest BCUT2D eigenvalue weighted by Crippen LogP contribution is -2.40. The fraction of sp³-hybridized carbons (Fsp3) is 0.294. The van der Waals surface area contributed by atoms with Crippen molar-refractivity contribution in [3.05, 3.63) is 69.6 Å². The zero-order valence-corrected chi connectivity index (χ0v) is 12.7. The van der Waals surface area contributed by atoms with Crippen LogP contribution < -0.4 is 5.56 Å². The van der Waals surface area contributed by atoms with E-state index in [2.05, 4.69) is 0 Å². The van der Waals surface area contributed by atoms with Crippen molar-refractivity contribution in [1.29, 1.82) is 0 Å². The summed E-state index contributed by atoms with van der Waals surface area (Å²) in [7, 11) is 0.